The van der Waals surface area contributed by atoms with Gasteiger partial charge in [0.25, 0.3) is 0 Å². The van der Waals surface area contributed by atoms with Crippen molar-refractivity contribution in [3.05, 3.63) is 45.0 Å². The van der Waals surface area contributed by atoms with Crippen molar-refractivity contribution in [1.82, 2.24) is 5.32 Å². The lowest BCUT2D eigenvalue weighted by Crippen LogP contribution is -2.22. The van der Waals surface area contributed by atoms with E-state index in [1.54, 1.807) is 17.6 Å². The van der Waals surface area contributed by atoms with E-state index in [9.17, 15) is 0 Å². The van der Waals surface area contributed by atoms with Crippen molar-refractivity contribution in [3.63, 3.8) is 0 Å². The van der Waals surface area contributed by atoms with Gasteiger partial charge in [0.05, 0.1) is 16.1 Å². The summed E-state index contributed by atoms with van der Waals surface area (Å²) in [7, 11) is 0. The summed E-state index contributed by atoms with van der Waals surface area (Å²) in [6.45, 7) is 3.05. The van der Waals surface area contributed by atoms with Crippen LogP contribution in [0.25, 0.3) is 0 Å². The highest BCUT2D eigenvalue weighted by atomic mass is 79.9. The van der Waals surface area contributed by atoms with E-state index in [4.69, 9.17) is 4.42 Å². The summed E-state index contributed by atoms with van der Waals surface area (Å²) in [5.41, 5.74) is 0. The van der Waals surface area contributed by atoms with Crippen LogP contribution in [0.5, 0.6) is 0 Å². The Morgan fingerprint density at radius 1 is 1.44 bits per heavy atom. The smallest absolute Gasteiger partial charge is 0.121 e. The normalized spacial score (nSPS) is 12.9. The van der Waals surface area contributed by atoms with Crippen molar-refractivity contribution in [1.29, 1.82) is 0 Å². The second-order valence-electron chi connectivity index (χ2n) is 3.54. The van der Waals surface area contributed by atoms with E-state index in [1.165, 1.54) is 8.66 Å². The van der Waals surface area contributed by atoms with Crippen LogP contribution >= 0.6 is 27.3 Å². The standard InChI is InChI=1S/C12H14BrNOS/c1-2-14-10(11-4-3-7-15-11)8-9-5-6-12(13)16-9/h3-7,10,14H,2,8H2,1H3. The van der Waals surface area contributed by atoms with Crippen LogP contribution in [0.2, 0.25) is 0 Å². The van der Waals surface area contributed by atoms with Crippen LogP contribution in [0.4, 0.5) is 0 Å². The predicted octanol–water partition coefficient (Wildman–Crippen LogP) is 4.00. The van der Waals surface area contributed by atoms with Gasteiger partial charge in [-0.15, -0.1) is 11.3 Å². The van der Waals surface area contributed by atoms with Crippen LogP contribution in [0.15, 0.2) is 38.7 Å². The minimum absolute atomic E-state index is 0.269. The molecule has 86 valence electrons. The number of rotatable bonds is 5. The second kappa shape index (κ2) is 5.66. The molecule has 2 heterocycles. The minimum Gasteiger partial charge on any atom is -0.468 e. The molecular weight excluding hydrogens is 286 g/mol. The molecule has 0 bridgehead atoms. The number of furan rings is 1. The molecule has 0 fully saturated rings. The van der Waals surface area contributed by atoms with Crippen molar-refractivity contribution < 1.29 is 4.42 Å². The summed E-state index contributed by atoms with van der Waals surface area (Å²) in [4.78, 5) is 1.36. The van der Waals surface area contributed by atoms with E-state index < -0.39 is 0 Å². The van der Waals surface area contributed by atoms with Gasteiger partial charge < -0.3 is 9.73 Å². The lowest BCUT2D eigenvalue weighted by Gasteiger charge is -2.14. The maximum absolute atomic E-state index is 5.46. The molecule has 4 heteroatoms. The molecule has 0 aliphatic heterocycles. The number of hydrogen-bond acceptors (Lipinski definition) is 3. The summed E-state index contributed by atoms with van der Waals surface area (Å²) in [5.74, 6) is 1.01. The highest BCUT2D eigenvalue weighted by molar-refractivity contribution is 9.11. The van der Waals surface area contributed by atoms with Crippen LogP contribution in [-0.2, 0) is 6.42 Å². The Hall–Kier alpha value is -0.580. The SMILES string of the molecule is CCNC(Cc1ccc(Br)s1)c1ccco1. The molecule has 0 amide bonds. The number of halogens is 1. The molecule has 0 radical (unpaired) electrons. The Kier molecular flexibility index (Phi) is 4.21. The molecule has 16 heavy (non-hydrogen) atoms. The van der Waals surface area contributed by atoms with E-state index in [-0.39, 0.29) is 6.04 Å². The predicted molar refractivity (Wildman–Crippen MR) is 70.8 cm³/mol. The third kappa shape index (κ3) is 2.97. The zero-order valence-corrected chi connectivity index (χ0v) is 11.5. The first-order valence-electron chi connectivity index (χ1n) is 5.30. The Balaban J connectivity index is 2.09. The maximum atomic E-state index is 5.46. The van der Waals surface area contributed by atoms with Crippen molar-refractivity contribution in [2.24, 2.45) is 0 Å². The third-order valence-corrected chi connectivity index (χ3v) is 4.02. The van der Waals surface area contributed by atoms with Crippen molar-refractivity contribution in [2.75, 3.05) is 6.54 Å². The lowest BCUT2D eigenvalue weighted by atomic mass is 10.1. The molecule has 0 saturated carbocycles. The van der Waals surface area contributed by atoms with Gasteiger partial charge in [-0.25, -0.2) is 0 Å². The third-order valence-electron chi connectivity index (χ3n) is 2.37. The van der Waals surface area contributed by atoms with Crippen LogP contribution in [0.3, 0.4) is 0 Å². The van der Waals surface area contributed by atoms with Gasteiger partial charge in [0.2, 0.25) is 0 Å². The molecule has 0 aliphatic rings. The van der Waals surface area contributed by atoms with E-state index in [0.29, 0.717) is 0 Å². The van der Waals surface area contributed by atoms with Crippen LogP contribution in [0.1, 0.15) is 23.6 Å². The Morgan fingerprint density at radius 3 is 2.88 bits per heavy atom. The molecule has 2 nitrogen and oxygen atoms in total. The zero-order chi connectivity index (χ0) is 11.4. The molecule has 0 saturated heterocycles. The summed E-state index contributed by atoms with van der Waals surface area (Å²) in [6.07, 6.45) is 2.70. The molecule has 0 aliphatic carbocycles. The fourth-order valence-corrected chi connectivity index (χ4v) is 3.20. The first-order chi connectivity index (χ1) is 7.79. The van der Waals surface area contributed by atoms with E-state index in [2.05, 4.69) is 40.3 Å². The van der Waals surface area contributed by atoms with Gasteiger partial charge in [0, 0.05) is 11.3 Å². The van der Waals surface area contributed by atoms with Gasteiger partial charge >= 0.3 is 0 Å². The molecule has 1 unspecified atom stereocenters. The Labute approximate surface area is 108 Å². The molecule has 0 aromatic carbocycles. The average Bonchev–Trinajstić information content (AvgIpc) is 2.88. The van der Waals surface area contributed by atoms with E-state index in [0.717, 1.165) is 18.7 Å². The maximum Gasteiger partial charge on any atom is 0.121 e. The Morgan fingerprint density at radius 2 is 2.31 bits per heavy atom. The molecular formula is C12H14BrNOS. The van der Waals surface area contributed by atoms with E-state index >= 15 is 0 Å². The summed E-state index contributed by atoms with van der Waals surface area (Å²) < 4.78 is 6.64. The summed E-state index contributed by atoms with van der Waals surface area (Å²) in [5, 5.41) is 3.44. The summed E-state index contributed by atoms with van der Waals surface area (Å²) in [6, 6.07) is 8.47. The van der Waals surface area contributed by atoms with Gasteiger partial charge in [0.15, 0.2) is 0 Å². The highest BCUT2D eigenvalue weighted by Gasteiger charge is 2.14. The largest absolute Gasteiger partial charge is 0.468 e. The van der Waals surface area contributed by atoms with Crippen molar-refractivity contribution in [2.45, 2.75) is 19.4 Å². The number of likely N-dealkylation sites (N-methyl/N-ethyl adjacent to an activating group) is 1. The minimum atomic E-state index is 0.269. The number of hydrogen-bond donors (Lipinski definition) is 1. The molecule has 1 N–H and O–H groups in total. The zero-order valence-electron chi connectivity index (χ0n) is 9.07. The van der Waals surface area contributed by atoms with Crippen LogP contribution in [-0.4, -0.2) is 6.54 Å². The van der Waals surface area contributed by atoms with Gasteiger partial charge in [-0.1, -0.05) is 6.92 Å². The first-order valence-corrected chi connectivity index (χ1v) is 6.91. The van der Waals surface area contributed by atoms with Crippen molar-refractivity contribution >= 4 is 27.3 Å². The monoisotopic (exact) mass is 299 g/mol. The molecule has 0 spiro atoms. The highest BCUT2D eigenvalue weighted by Crippen LogP contribution is 2.27. The van der Waals surface area contributed by atoms with Crippen LogP contribution in [0, 0.1) is 0 Å². The molecule has 2 rings (SSSR count). The van der Waals surface area contributed by atoms with Crippen LogP contribution < -0.4 is 5.32 Å². The first kappa shape index (κ1) is 11.9. The van der Waals surface area contributed by atoms with Gasteiger partial charge in [-0.2, -0.15) is 0 Å². The fourth-order valence-electron chi connectivity index (χ4n) is 1.67. The number of nitrogens with one attached hydrogen (secondary N) is 1. The average molecular weight is 300 g/mol. The summed E-state index contributed by atoms with van der Waals surface area (Å²) >= 11 is 5.26. The Bertz CT molecular complexity index is 424. The van der Waals surface area contributed by atoms with Gasteiger partial charge in [0.1, 0.15) is 5.76 Å². The topological polar surface area (TPSA) is 25.2 Å². The fraction of sp³-hybridized carbons (Fsp3) is 0.333. The van der Waals surface area contributed by atoms with Gasteiger partial charge in [-0.05, 0) is 46.7 Å². The van der Waals surface area contributed by atoms with Gasteiger partial charge in [-0.3, -0.25) is 0 Å². The molecule has 2 aromatic heterocycles. The number of thiophene rings is 1. The molecule has 2 aromatic rings. The quantitative estimate of drug-likeness (QED) is 0.903. The second-order valence-corrected chi connectivity index (χ2v) is 6.08. The lowest BCUT2D eigenvalue weighted by molar-refractivity contribution is 0.418. The van der Waals surface area contributed by atoms with E-state index in [1.807, 2.05) is 12.1 Å². The molecule has 1 atom stereocenters. The van der Waals surface area contributed by atoms with Crippen molar-refractivity contribution in [3.8, 4) is 0 Å².